The summed E-state index contributed by atoms with van der Waals surface area (Å²) < 4.78 is 1.62. The van der Waals surface area contributed by atoms with Crippen molar-refractivity contribution in [2.75, 3.05) is 18.4 Å². The average molecular weight is 292 g/mol. The highest BCUT2D eigenvalue weighted by Gasteiger charge is 2.24. The molecular weight excluding hydrogens is 268 g/mol. The highest BCUT2D eigenvalue weighted by atomic mass is 16.2. The fourth-order valence-electron chi connectivity index (χ4n) is 2.52. The van der Waals surface area contributed by atoms with Gasteiger partial charge in [-0.05, 0) is 40.5 Å². The van der Waals surface area contributed by atoms with Crippen molar-refractivity contribution in [3.8, 4) is 0 Å². The minimum absolute atomic E-state index is 0.0276. The molecule has 1 aromatic rings. The van der Waals surface area contributed by atoms with Crippen LogP contribution >= 0.6 is 0 Å². The van der Waals surface area contributed by atoms with Gasteiger partial charge in [0, 0.05) is 31.0 Å². The van der Waals surface area contributed by atoms with Gasteiger partial charge in [0.1, 0.15) is 6.04 Å². The molecule has 0 aromatic carbocycles. The van der Waals surface area contributed by atoms with Gasteiger partial charge in [0.2, 0.25) is 5.91 Å². The molecule has 1 fully saturated rings. The van der Waals surface area contributed by atoms with Crippen molar-refractivity contribution in [3.63, 3.8) is 0 Å². The topological polar surface area (TPSA) is 67.2 Å². The predicted octanol–water partition coefficient (Wildman–Crippen LogP) is 1.42. The van der Waals surface area contributed by atoms with Crippen molar-refractivity contribution in [2.24, 2.45) is 0 Å². The molecule has 1 unspecified atom stereocenters. The van der Waals surface area contributed by atoms with Gasteiger partial charge in [-0.15, -0.1) is 0 Å². The van der Waals surface area contributed by atoms with Crippen LogP contribution in [0.1, 0.15) is 40.5 Å². The molecule has 1 aliphatic rings. The molecule has 1 saturated heterocycles. The van der Waals surface area contributed by atoms with Crippen LogP contribution in [-0.2, 0) is 10.3 Å². The number of likely N-dealkylation sites (tertiary alicyclic amines) is 1. The molecule has 1 amide bonds. The van der Waals surface area contributed by atoms with E-state index in [0.717, 1.165) is 25.9 Å². The summed E-state index contributed by atoms with van der Waals surface area (Å²) in [5, 5.41) is 2.96. The summed E-state index contributed by atoms with van der Waals surface area (Å²) >= 11 is 0. The minimum Gasteiger partial charge on any atom is -0.354 e. The Kier molecular flexibility index (Phi) is 4.34. The van der Waals surface area contributed by atoms with E-state index in [1.165, 1.54) is 0 Å². The fourth-order valence-corrected chi connectivity index (χ4v) is 2.52. The molecule has 0 bridgehead atoms. The molecular formula is C15H24N4O2. The van der Waals surface area contributed by atoms with Gasteiger partial charge in [-0.3, -0.25) is 9.59 Å². The summed E-state index contributed by atoms with van der Waals surface area (Å²) in [5.41, 5.74) is -0.523. The third kappa shape index (κ3) is 3.43. The van der Waals surface area contributed by atoms with Crippen LogP contribution in [0.5, 0.6) is 0 Å². The molecule has 0 spiro atoms. The quantitative estimate of drug-likeness (QED) is 0.915. The number of carbonyl (C=O) groups excluding carboxylic acids is 1. The summed E-state index contributed by atoms with van der Waals surface area (Å²) in [5.74, 6) is 0.257. The number of rotatable bonds is 3. The number of aromatic nitrogens is 2. The van der Waals surface area contributed by atoms with Crippen LogP contribution in [0, 0.1) is 0 Å². The maximum Gasteiger partial charge on any atom is 0.293 e. The molecule has 0 radical (unpaired) electrons. The smallest absolute Gasteiger partial charge is 0.293 e. The van der Waals surface area contributed by atoms with Crippen molar-refractivity contribution in [1.82, 2.24) is 14.5 Å². The molecule has 2 heterocycles. The van der Waals surface area contributed by atoms with E-state index in [4.69, 9.17) is 0 Å². The van der Waals surface area contributed by atoms with E-state index in [0.29, 0.717) is 0 Å². The summed E-state index contributed by atoms with van der Waals surface area (Å²) in [4.78, 5) is 30.6. The van der Waals surface area contributed by atoms with Crippen LogP contribution in [-0.4, -0.2) is 39.5 Å². The standard InChI is InChI=1S/C15H24N4O2/c1-11(13(20)18-8-5-6-9-18)17-12-14(21)19(10-7-16-12)15(2,3)4/h7,10-11H,5-6,8-9H2,1-4H3,(H,16,17). The third-order valence-corrected chi connectivity index (χ3v) is 3.70. The Morgan fingerprint density at radius 1 is 1.33 bits per heavy atom. The first-order valence-electron chi connectivity index (χ1n) is 7.44. The van der Waals surface area contributed by atoms with Gasteiger partial charge < -0.3 is 14.8 Å². The zero-order chi connectivity index (χ0) is 15.6. The molecule has 0 saturated carbocycles. The Morgan fingerprint density at radius 2 is 1.95 bits per heavy atom. The van der Waals surface area contributed by atoms with E-state index >= 15 is 0 Å². The number of carbonyl (C=O) groups is 1. The van der Waals surface area contributed by atoms with E-state index < -0.39 is 6.04 Å². The molecule has 1 aromatic heterocycles. The maximum atomic E-state index is 12.4. The van der Waals surface area contributed by atoms with Gasteiger partial charge >= 0.3 is 0 Å². The number of nitrogens with zero attached hydrogens (tertiary/aromatic N) is 3. The Bertz CT molecular complexity index is 568. The SMILES string of the molecule is CC(Nc1nccn(C(C)(C)C)c1=O)C(=O)N1CCCC1. The van der Waals surface area contributed by atoms with Crippen molar-refractivity contribution in [3.05, 3.63) is 22.7 Å². The Balaban J connectivity index is 2.16. The van der Waals surface area contributed by atoms with Gasteiger partial charge in [0.15, 0.2) is 5.82 Å². The van der Waals surface area contributed by atoms with E-state index in [1.54, 1.807) is 23.9 Å². The van der Waals surface area contributed by atoms with E-state index in [2.05, 4.69) is 10.3 Å². The first-order valence-corrected chi connectivity index (χ1v) is 7.44. The first kappa shape index (κ1) is 15.5. The Labute approximate surface area is 125 Å². The number of hydrogen-bond donors (Lipinski definition) is 1. The second-order valence-electron chi connectivity index (χ2n) is 6.52. The van der Waals surface area contributed by atoms with Crippen LogP contribution in [0.15, 0.2) is 17.2 Å². The Morgan fingerprint density at radius 3 is 2.52 bits per heavy atom. The maximum absolute atomic E-state index is 12.4. The van der Waals surface area contributed by atoms with Crippen LogP contribution in [0.4, 0.5) is 5.82 Å². The monoisotopic (exact) mass is 292 g/mol. The summed E-state index contributed by atoms with van der Waals surface area (Å²) in [6.07, 6.45) is 5.36. The average Bonchev–Trinajstić information content (AvgIpc) is 2.92. The number of anilines is 1. The zero-order valence-electron chi connectivity index (χ0n) is 13.2. The van der Waals surface area contributed by atoms with Crippen LogP contribution in [0.2, 0.25) is 0 Å². The van der Waals surface area contributed by atoms with Crippen LogP contribution in [0.25, 0.3) is 0 Å². The Hall–Kier alpha value is -1.85. The lowest BCUT2D eigenvalue weighted by atomic mass is 10.1. The van der Waals surface area contributed by atoms with Gasteiger partial charge in [-0.1, -0.05) is 0 Å². The molecule has 0 aliphatic carbocycles. The highest BCUT2D eigenvalue weighted by Crippen LogP contribution is 2.13. The molecule has 1 atom stereocenters. The molecule has 1 aliphatic heterocycles. The molecule has 2 rings (SSSR count). The predicted molar refractivity (Wildman–Crippen MR) is 82.4 cm³/mol. The molecule has 6 nitrogen and oxygen atoms in total. The van der Waals surface area contributed by atoms with Gasteiger partial charge in [-0.25, -0.2) is 4.98 Å². The van der Waals surface area contributed by atoms with Crippen LogP contribution < -0.4 is 10.9 Å². The fraction of sp³-hybridized carbons (Fsp3) is 0.667. The lowest BCUT2D eigenvalue weighted by molar-refractivity contribution is -0.130. The lowest BCUT2D eigenvalue weighted by Crippen LogP contribution is -2.42. The van der Waals surface area contributed by atoms with E-state index in [9.17, 15) is 9.59 Å². The zero-order valence-corrected chi connectivity index (χ0v) is 13.2. The first-order chi connectivity index (χ1) is 9.80. The molecule has 6 heteroatoms. The van der Waals surface area contributed by atoms with Crippen molar-refractivity contribution in [2.45, 2.75) is 52.1 Å². The molecule has 21 heavy (non-hydrogen) atoms. The summed E-state index contributed by atoms with van der Waals surface area (Å²) in [6, 6.07) is -0.445. The van der Waals surface area contributed by atoms with Crippen molar-refractivity contribution < 1.29 is 4.79 Å². The van der Waals surface area contributed by atoms with Crippen molar-refractivity contribution >= 4 is 11.7 Å². The van der Waals surface area contributed by atoms with Gasteiger partial charge in [-0.2, -0.15) is 0 Å². The largest absolute Gasteiger partial charge is 0.354 e. The second kappa shape index (κ2) is 5.87. The molecule has 1 N–H and O–H groups in total. The summed E-state index contributed by atoms with van der Waals surface area (Å²) in [6.45, 7) is 9.25. The normalized spacial score (nSPS) is 16.9. The number of hydrogen-bond acceptors (Lipinski definition) is 4. The third-order valence-electron chi connectivity index (χ3n) is 3.70. The summed E-state index contributed by atoms with van der Waals surface area (Å²) in [7, 11) is 0. The number of amides is 1. The highest BCUT2D eigenvalue weighted by molar-refractivity contribution is 5.84. The van der Waals surface area contributed by atoms with Crippen molar-refractivity contribution in [1.29, 1.82) is 0 Å². The lowest BCUT2D eigenvalue weighted by Gasteiger charge is -2.24. The molecule has 116 valence electrons. The second-order valence-corrected chi connectivity index (χ2v) is 6.52. The van der Waals surface area contributed by atoms with Crippen LogP contribution in [0.3, 0.4) is 0 Å². The van der Waals surface area contributed by atoms with E-state index in [1.807, 2.05) is 25.7 Å². The van der Waals surface area contributed by atoms with Gasteiger partial charge in [0.25, 0.3) is 5.56 Å². The minimum atomic E-state index is -0.445. The van der Waals surface area contributed by atoms with Gasteiger partial charge in [0.05, 0.1) is 0 Å². The van der Waals surface area contributed by atoms with E-state index in [-0.39, 0.29) is 22.8 Å². The number of nitrogens with one attached hydrogen (secondary N) is 1.